The lowest BCUT2D eigenvalue weighted by Gasteiger charge is -2.11. The molecular weight excluding hydrogens is 665 g/mol. The second kappa shape index (κ2) is 11.7. The second-order valence-corrected chi connectivity index (χ2v) is 14.2. The van der Waals surface area contributed by atoms with Gasteiger partial charge in [0.2, 0.25) is 6.79 Å². The zero-order valence-corrected chi connectivity index (χ0v) is 26.4. The molecule has 0 bridgehead atoms. The number of nitrogens with zero attached hydrogens (tertiary/aromatic N) is 2. The number of furan rings is 2. The van der Waals surface area contributed by atoms with Crippen LogP contribution >= 0.6 is 0 Å². The molecule has 0 saturated carbocycles. The average Bonchev–Trinajstić information content (AvgIpc) is 3.89. The van der Waals surface area contributed by atoms with E-state index in [0.29, 0.717) is 11.5 Å². The van der Waals surface area contributed by atoms with Gasteiger partial charge in [-0.3, -0.25) is 9.59 Å². The maximum atomic E-state index is 13.7. The molecule has 0 saturated heterocycles. The van der Waals surface area contributed by atoms with Crippen molar-refractivity contribution in [2.75, 3.05) is 17.4 Å². The van der Waals surface area contributed by atoms with Crippen LogP contribution in [-0.2, 0) is 20.0 Å². The molecule has 5 heterocycles. The monoisotopic (exact) mass is 688 g/mol. The number of hydrogen-bond donors (Lipinski definition) is 2. The number of carbonyl (C=O) groups is 2. The Bertz CT molecular complexity index is 2420. The van der Waals surface area contributed by atoms with Gasteiger partial charge in [0.15, 0.2) is 23.0 Å². The Balaban J connectivity index is 1.10. The van der Waals surface area contributed by atoms with E-state index < -0.39 is 31.9 Å². The highest BCUT2D eigenvalue weighted by Crippen LogP contribution is 2.35. The summed E-state index contributed by atoms with van der Waals surface area (Å²) in [6.45, 7) is 1.77. The van der Waals surface area contributed by atoms with Gasteiger partial charge in [0.1, 0.15) is 5.76 Å². The fraction of sp³-hybridized carbons (Fsp3) is 0.0625. The number of rotatable bonds is 9. The normalized spacial score (nSPS) is 12.6. The van der Waals surface area contributed by atoms with Gasteiger partial charge in [0, 0.05) is 36.4 Å². The fourth-order valence-electron chi connectivity index (χ4n) is 4.93. The Labute approximate surface area is 273 Å². The van der Waals surface area contributed by atoms with E-state index in [1.165, 1.54) is 85.6 Å². The molecule has 1 aliphatic heterocycles. The van der Waals surface area contributed by atoms with Crippen molar-refractivity contribution in [1.29, 1.82) is 0 Å². The van der Waals surface area contributed by atoms with Crippen LogP contribution in [0.1, 0.15) is 26.7 Å². The van der Waals surface area contributed by atoms with E-state index in [0.717, 1.165) is 13.5 Å². The minimum atomic E-state index is -4.19. The number of anilines is 2. The summed E-state index contributed by atoms with van der Waals surface area (Å²) in [5.41, 5.74) is 1.33. The first-order chi connectivity index (χ1) is 23.0. The smallest absolute Gasteiger partial charge is 0.291 e. The molecule has 1 aliphatic rings. The largest absolute Gasteiger partial charge is 0.459 e. The molecule has 0 radical (unpaired) electrons. The van der Waals surface area contributed by atoms with Gasteiger partial charge in [-0.1, -0.05) is 11.6 Å². The first-order valence-corrected chi connectivity index (χ1v) is 17.0. The first kappa shape index (κ1) is 30.6. The number of benzene rings is 2. The van der Waals surface area contributed by atoms with Crippen molar-refractivity contribution in [2.45, 2.75) is 16.7 Å². The van der Waals surface area contributed by atoms with Crippen LogP contribution in [0.3, 0.4) is 0 Å². The molecule has 0 fully saturated rings. The van der Waals surface area contributed by atoms with Crippen LogP contribution in [0.25, 0.3) is 11.3 Å². The number of nitrogens with one attached hydrogen (secondary N) is 2. The lowest BCUT2D eigenvalue weighted by atomic mass is 10.1. The molecule has 6 aromatic rings. The molecule has 4 aromatic heterocycles. The van der Waals surface area contributed by atoms with Crippen molar-refractivity contribution < 1.29 is 44.7 Å². The number of aromatic nitrogens is 2. The molecule has 244 valence electrons. The van der Waals surface area contributed by atoms with Crippen molar-refractivity contribution in [2.24, 2.45) is 0 Å². The summed E-state index contributed by atoms with van der Waals surface area (Å²) in [6.07, 6.45) is 6.40. The second-order valence-electron chi connectivity index (χ2n) is 10.5. The number of hydrogen-bond acceptors (Lipinski definition) is 10. The van der Waals surface area contributed by atoms with Crippen molar-refractivity contribution in [3.8, 4) is 22.8 Å². The minimum absolute atomic E-state index is 0.00339. The quantitative estimate of drug-likeness (QED) is 0.206. The van der Waals surface area contributed by atoms with E-state index in [-0.39, 0.29) is 50.8 Å². The van der Waals surface area contributed by atoms with Crippen LogP contribution in [-0.4, -0.2) is 43.4 Å². The zero-order valence-electron chi connectivity index (χ0n) is 24.8. The summed E-state index contributed by atoms with van der Waals surface area (Å²) in [4.78, 5) is 25.3. The van der Waals surface area contributed by atoms with Crippen molar-refractivity contribution in [3.63, 3.8) is 0 Å². The highest BCUT2D eigenvalue weighted by atomic mass is 32.2. The van der Waals surface area contributed by atoms with E-state index in [1.807, 2.05) is 0 Å². The molecule has 2 N–H and O–H groups in total. The minimum Gasteiger partial charge on any atom is -0.459 e. The summed E-state index contributed by atoms with van der Waals surface area (Å²) in [5.74, 6) is -0.479. The molecule has 0 spiro atoms. The van der Waals surface area contributed by atoms with E-state index in [1.54, 1.807) is 25.1 Å². The third-order valence-corrected chi connectivity index (χ3v) is 10.6. The first-order valence-electron chi connectivity index (χ1n) is 14.1. The lowest BCUT2D eigenvalue weighted by Crippen LogP contribution is -2.13. The predicted octanol–water partition coefficient (Wildman–Crippen LogP) is 5.16. The van der Waals surface area contributed by atoms with Crippen LogP contribution in [0.4, 0.5) is 11.4 Å². The third-order valence-electron chi connectivity index (χ3n) is 7.30. The number of ether oxygens (including phenoxy) is 2. The maximum Gasteiger partial charge on any atom is 0.291 e. The fourth-order valence-corrected chi connectivity index (χ4v) is 7.52. The van der Waals surface area contributed by atoms with Gasteiger partial charge < -0.3 is 28.9 Å². The Morgan fingerprint density at radius 2 is 1.42 bits per heavy atom. The number of amides is 2. The van der Waals surface area contributed by atoms with Crippen molar-refractivity contribution >= 4 is 43.2 Å². The Morgan fingerprint density at radius 1 is 0.729 bits per heavy atom. The summed E-state index contributed by atoms with van der Waals surface area (Å²) in [5, 5.41) is 5.17. The molecule has 14 nitrogen and oxygen atoms in total. The van der Waals surface area contributed by atoms with E-state index in [2.05, 4.69) is 10.6 Å². The van der Waals surface area contributed by atoms with Crippen LogP contribution in [0, 0.1) is 6.92 Å². The van der Waals surface area contributed by atoms with Crippen molar-refractivity contribution in [1.82, 2.24) is 7.94 Å². The van der Waals surface area contributed by atoms with Gasteiger partial charge in [-0.15, -0.1) is 0 Å². The molecular formula is C32H24N4O10S2. The van der Waals surface area contributed by atoms with Gasteiger partial charge in [0.05, 0.1) is 27.4 Å². The molecule has 16 heteroatoms. The topological polar surface area (TPSA) is 181 Å². The highest BCUT2D eigenvalue weighted by molar-refractivity contribution is 7.90. The van der Waals surface area contributed by atoms with Crippen LogP contribution < -0.4 is 20.1 Å². The Kier molecular flexibility index (Phi) is 7.45. The standard InChI is InChI=1S/C32H24N4O10S2/c1-20-4-9-30(48(41,42)36-13-11-22(18-36)33-31(37)27-3-2-14-43-27)24(15-20)25-7-8-28(46-25)32(38)34-21-10-12-35(17-21)47(39,40)23-5-6-26-29(16-23)45-19-44-26/h2-18H,19H2,1H3,(H,33,37)(H,34,38). The lowest BCUT2D eigenvalue weighted by molar-refractivity contribution is 0.0989. The maximum absolute atomic E-state index is 13.7. The van der Waals surface area contributed by atoms with Crippen molar-refractivity contribution in [3.05, 3.63) is 121 Å². The number of fused-ring (bicyclic) bond motifs is 1. The van der Waals surface area contributed by atoms with Gasteiger partial charge in [-0.05, 0) is 67.6 Å². The van der Waals surface area contributed by atoms with Gasteiger partial charge in [-0.25, -0.2) is 24.8 Å². The van der Waals surface area contributed by atoms with Gasteiger partial charge in [-0.2, -0.15) is 0 Å². The van der Waals surface area contributed by atoms with Crippen LogP contribution in [0.15, 0.2) is 122 Å². The van der Waals surface area contributed by atoms with Crippen LogP contribution in [0.2, 0.25) is 0 Å². The van der Waals surface area contributed by atoms with Gasteiger partial charge in [0.25, 0.3) is 31.9 Å². The summed E-state index contributed by atoms with van der Waals surface area (Å²) in [7, 11) is -8.20. The van der Waals surface area contributed by atoms with E-state index in [9.17, 15) is 26.4 Å². The molecule has 0 unspecified atom stereocenters. The highest BCUT2D eigenvalue weighted by Gasteiger charge is 2.26. The third kappa shape index (κ3) is 5.62. The predicted molar refractivity (Wildman–Crippen MR) is 170 cm³/mol. The Morgan fingerprint density at radius 3 is 2.12 bits per heavy atom. The van der Waals surface area contributed by atoms with Crippen LogP contribution in [0.5, 0.6) is 11.5 Å². The SMILES string of the molecule is Cc1ccc(S(=O)(=O)n2ccc(NC(=O)c3ccco3)c2)c(-c2ccc(C(=O)Nc3ccn(S(=O)(=O)c4ccc5c(c4)OCO5)c3)o2)c1. The molecule has 0 aliphatic carbocycles. The van der Waals surface area contributed by atoms with E-state index in [4.69, 9.17) is 18.3 Å². The average molecular weight is 689 g/mol. The molecule has 2 amide bonds. The van der Waals surface area contributed by atoms with Gasteiger partial charge >= 0.3 is 0 Å². The summed E-state index contributed by atoms with van der Waals surface area (Å²) in [6, 6.07) is 17.6. The molecule has 0 atom stereocenters. The molecule has 48 heavy (non-hydrogen) atoms. The number of carbonyl (C=O) groups excluding carboxylic acids is 2. The molecule has 2 aromatic carbocycles. The molecule has 7 rings (SSSR count). The summed E-state index contributed by atoms with van der Waals surface area (Å²) < 4.78 is 77.1. The zero-order chi connectivity index (χ0) is 33.6. The van der Waals surface area contributed by atoms with E-state index >= 15 is 0 Å². The summed E-state index contributed by atoms with van der Waals surface area (Å²) >= 11 is 0. The Hall–Kier alpha value is -6.00. The number of aryl methyl sites for hydroxylation is 1.